The van der Waals surface area contributed by atoms with Crippen LogP contribution in [0.4, 0.5) is 0 Å². The van der Waals surface area contributed by atoms with E-state index in [4.69, 9.17) is 9.84 Å². The number of carbonyl (C=O) groups excluding carboxylic acids is 1. The Morgan fingerprint density at radius 2 is 2.15 bits per heavy atom. The van der Waals surface area contributed by atoms with Crippen molar-refractivity contribution < 1.29 is 19.4 Å². The van der Waals surface area contributed by atoms with Crippen molar-refractivity contribution in [2.75, 3.05) is 19.7 Å². The molecule has 2 rings (SSSR count). The quantitative estimate of drug-likeness (QED) is 0.754. The molecule has 2 atom stereocenters. The van der Waals surface area contributed by atoms with Gasteiger partial charge in [0, 0.05) is 25.6 Å². The lowest BCUT2D eigenvalue weighted by Gasteiger charge is -2.29. The molecule has 1 saturated heterocycles. The Bertz CT molecular complexity index is 374. The molecule has 20 heavy (non-hydrogen) atoms. The van der Waals surface area contributed by atoms with E-state index in [-0.39, 0.29) is 30.9 Å². The van der Waals surface area contributed by atoms with E-state index in [0.717, 1.165) is 38.7 Å². The van der Waals surface area contributed by atoms with Gasteiger partial charge in [0.1, 0.15) is 0 Å². The first-order chi connectivity index (χ1) is 9.66. The maximum absolute atomic E-state index is 12.5. The van der Waals surface area contributed by atoms with E-state index in [1.165, 1.54) is 0 Å². The number of carboxylic acids is 1. The standard InChI is InChI=1S/C15H23NO4/c17-14(18)8-9-16(11-13-7-4-10-20-13)15(19)12-5-2-1-3-6-12/h1-2,12-13H,3-11H2,(H,17,18). The molecule has 112 valence electrons. The van der Waals surface area contributed by atoms with Crippen LogP contribution in [0.2, 0.25) is 0 Å². The highest BCUT2D eigenvalue weighted by molar-refractivity contribution is 5.80. The Kier molecular flexibility index (Phi) is 5.59. The van der Waals surface area contributed by atoms with Crippen LogP contribution in [-0.2, 0) is 14.3 Å². The van der Waals surface area contributed by atoms with E-state index in [1.807, 2.05) is 6.08 Å². The van der Waals surface area contributed by atoms with Crippen molar-refractivity contribution >= 4 is 11.9 Å². The summed E-state index contributed by atoms with van der Waals surface area (Å²) in [7, 11) is 0. The maximum atomic E-state index is 12.5. The first-order valence-electron chi connectivity index (χ1n) is 7.44. The molecule has 1 amide bonds. The average Bonchev–Trinajstić information content (AvgIpc) is 2.96. The second-order valence-electron chi connectivity index (χ2n) is 5.54. The molecule has 5 nitrogen and oxygen atoms in total. The van der Waals surface area contributed by atoms with Crippen molar-refractivity contribution in [3.05, 3.63) is 12.2 Å². The van der Waals surface area contributed by atoms with Crippen molar-refractivity contribution in [2.24, 2.45) is 5.92 Å². The van der Waals surface area contributed by atoms with Gasteiger partial charge in [-0.25, -0.2) is 0 Å². The fraction of sp³-hybridized carbons (Fsp3) is 0.733. The number of rotatable bonds is 6. The minimum atomic E-state index is -0.862. The van der Waals surface area contributed by atoms with Crippen LogP contribution in [0, 0.1) is 5.92 Å². The van der Waals surface area contributed by atoms with Gasteiger partial charge in [0.05, 0.1) is 12.5 Å². The Hall–Kier alpha value is -1.36. The van der Waals surface area contributed by atoms with Gasteiger partial charge in [-0.2, -0.15) is 0 Å². The molecular weight excluding hydrogens is 258 g/mol. The highest BCUT2D eigenvalue weighted by Crippen LogP contribution is 2.22. The van der Waals surface area contributed by atoms with Crippen LogP contribution in [0.25, 0.3) is 0 Å². The summed E-state index contributed by atoms with van der Waals surface area (Å²) in [5.41, 5.74) is 0. The summed E-state index contributed by atoms with van der Waals surface area (Å²) in [6, 6.07) is 0. The number of hydrogen-bond donors (Lipinski definition) is 1. The predicted octanol–water partition coefficient (Wildman–Crippen LogP) is 1.82. The van der Waals surface area contributed by atoms with Crippen molar-refractivity contribution in [1.29, 1.82) is 0 Å². The van der Waals surface area contributed by atoms with Gasteiger partial charge in [0.25, 0.3) is 0 Å². The van der Waals surface area contributed by atoms with Crippen molar-refractivity contribution in [3.8, 4) is 0 Å². The molecule has 5 heteroatoms. The summed E-state index contributed by atoms with van der Waals surface area (Å²) in [5, 5.41) is 8.83. The number of carboxylic acid groups (broad SMARTS) is 1. The third kappa shape index (κ3) is 4.34. The molecule has 1 N–H and O–H groups in total. The van der Waals surface area contributed by atoms with Crippen LogP contribution in [-0.4, -0.2) is 47.7 Å². The number of amides is 1. The molecule has 0 radical (unpaired) electrons. The maximum Gasteiger partial charge on any atom is 0.305 e. The number of aliphatic carboxylic acids is 1. The summed E-state index contributed by atoms with van der Waals surface area (Å²) in [6.45, 7) is 1.57. The third-order valence-corrected chi connectivity index (χ3v) is 3.97. The van der Waals surface area contributed by atoms with Gasteiger partial charge in [-0.3, -0.25) is 9.59 Å². The molecule has 0 aromatic rings. The number of ether oxygens (including phenoxy) is 1. The Morgan fingerprint density at radius 1 is 1.30 bits per heavy atom. The number of allylic oxidation sites excluding steroid dienone is 2. The van der Waals surface area contributed by atoms with Crippen LogP contribution >= 0.6 is 0 Å². The molecule has 2 aliphatic rings. The van der Waals surface area contributed by atoms with Gasteiger partial charge in [0.15, 0.2) is 0 Å². The van der Waals surface area contributed by atoms with E-state index in [1.54, 1.807) is 4.90 Å². The topological polar surface area (TPSA) is 66.8 Å². The minimum Gasteiger partial charge on any atom is -0.481 e. The second-order valence-corrected chi connectivity index (χ2v) is 5.54. The fourth-order valence-electron chi connectivity index (χ4n) is 2.83. The Balaban J connectivity index is 1.93. The third-order valence-electron chi connectivity index (χ3n) is 3.97. The zero-order valence-electron chi connectivity index (χ0n) is 11.8. The molecule has 2 unspecified atom stereocenters. The van der Waals surface area contributed by atoms with Crippen molar-refractivity contribution in [2.45, 2.75) is 44.6 Å². The first-order valence-corrected chi connectivity index (χ1v) is 7.44. The lowest BCUT2D eigenvalue weighted by molar-refractivity contribution is -0.140. The summed E-state index contributed by atoms with van der Waals surface area (Å²) in [6.07, 6.45) is 8.78. The van der Waals surface area contributed by atoms with Crippen molar-refractivity contribution in [1.82, 2.24) is 4.90 Å². The predicted molar refractivity (Wildman–Crippen MR) is 74.3 cm³/mol. The molecule has 0 bridgehead atoms. The van der Waals surface area contributed by atoms with Crippen LogP contribution < -0.4 is 0 Å². The van der Waals surface area contributed by atoms with E-state index in [0.29, 0.717) is 6.54 Å². The summed E-state index contributed by atoms with van der Waals surface area (Å²) >= 11 is 0. The molecular formula is C15H23NO4. The molecule has 1 aliphatic carbocycles. The Morgan fingerprint density at radius 3 is 2.75 bits per heavy atom. The molecule has 0 aromatic heterocycles. The van der Waals surface area contributed by atoms with E-state index in [9.17, 15) is 9.59 Å². The summed E-state index contributed by atoms with van der Waals surface area (Å²) in [5.74, 6) is -0.764. The van der Waals surface area contributed by atoms with Gasteiger partial charge in [0.2, 0.25) is 5.91 Å². The zero-order chi connectivity index (χ0) is 14.4. The second kappa shape index (κ2) is 7.43. The molecule has 1 fully saturated rings. The Labute approximate surface area is 119 Å². The van der Waals surface area contributed by atoms with Gasteiger partial charge in [-0.1, -0.05) is 12.2 Å². The smallest absolute Gasteiger partial charge is 0.305 e. The van der Waals surface area contributed by atoms with Crippen molar-refractivity contribution in [3.63, 3.8) is 0 Å². The highest BCUT2D eigenvalue weighted by atomic mass is 16.5. The van der Waals surface area contributed by atoms with Gasteiger partial charge < -0.3 is 14.7 Å². The van der Waals surface area contributed by atoms with E-state index < -0.39 is 5.97 Å². The molecule has 1 heterocycles. The molecule has 0 saturated carbocycles. The molecule has 0 spiro atoms. The monoisotopic (exact) mass is 281 g/mol. The SMILES string of the molecule is O=C(O)CCN(CC1CCCO1)C(=O)C1CC=CCC1. The van der Waals surface area contributed by atoms with Crippen LogP contribution in [0.3, 0.4) is 0 Å². The zero-order valence-corrected chi connectivity index (χ0v) is 11.8. The summed E-state index contributed by atoms with van der Waals surface area (Å²) < 4.78 is 5.57. The van der Waals surface area contributed by atoms with Crippen LogP contribution in [0.1, 0.15) is 38.5 Å². The highest BCUT2D eigenvalue weighted by Gasteiger charge is 2.28. The van der Waals surface area contributed by atoms with Gasteiger partial charge in [-0.15, -0.1) is 0 Å². The molecule has 1 aliphatic heterocycles. The molecule has 0 aromatic carbocycles. The van der Waals surface area contributed by atoms with E-state index >= 15 is 0 Å². The lowest BCUT2D eigenvalue weighted by Crippen LogP contribution is -2.42. The van der Waals surface area contributed by atoms with Gasteiger partial charge >= 0.3 is 5.97 Å². The fourth-order valence-corrected chi connectivity index (χ4v) is 2.83. The first kappa shape index (κ1) is 15.0. The van der Waals surface area contributed by atoms with Crippen LogP contribution in [0.15, 0.2) is 12.2 Å². The lowest BCUT2D eigenvalue weighted by atomic mass is 9.93. The van der Waals surface area contributed by atoms with Crippen LogP contribution in [0.5, 0.6) is 0 Å². The van der Waals surface area contributed by atoms with Gasteiger partial charge in [-0.05, 0) is 32.1 Å². The summed E-state index contributed by atoms with van der Waals surface area (Å²) in [4.78, 5) is 25.0. The number of hydrogen-bond acceptors (Lipinski definition) is 3. The largest absolute Gasteiger partial charge is 0.481 e. The minimum absolute atomic E-state index is 0.00101. The number of carbonyl (C=O) groups is 2. The average molecular weight is 281 g/mol. The van der Waals surface area contributed by atoms with E-state index in [2.05, 4.69) is 6.08 Å². The normalized spacial score (nSPS) is 25.6. The number of nitrogens with zero attached hydrogens (tertiary/aromatic N) is 1.